The number of ether oxygens (including phenoxy) is 1. The Morgan fingerprint density at radius 1 is 1.00 bits per heavy atom. The Bertz CT molecular complexity index is 894. The summed E-state index contributed by atoms with van der Waals surface area (Å²) in [7, 11) is 0. The van der Waals surface area contributed by atoms with Gasteiger partial charge in [0.25, 0.3) is 11.8 Å². The number of benzene rings is 1. The molecule has 1 aromatic rings. The molecule has 0 radical (unpaired) electrons. The molecule has 166 valence electrons. The first-order valence-corrected chi connectivity index (χ1v) is 10.9. The fourth-order valence-corrected chi connectivity index (χ4v) is 4.44. The molecule has 0 spiro atoms. The van der Waals surface area contributed by atoms with Gasteiger partial charge in [0.1, 0.15) is 18.4 Å². The van der Waals surface area contributed by atoms with Gasteiger partial charge in [-0.25, -0.2) is 0 Å². The summed E-state index contributed by atoms with van der Waals surface area (Å²) in [6.07, 6.45) is 1.39. The molecule has 0 aliphatic carbocycles. The number of amides is 4. The Balaban J connectivity index is 1.40. The lowest BCUT2D eigenvalue weighted by Gasteiger charge is -2.34. The van der Waals surface area contributed by atoms with Gasteiger partial charge in [0, 0.05) is 39.1 Å². The smallest absolute Gasteiger partial charge is 0.266 e. The molecule has 0 aromatic heterocycles. The predicted molar refractivity (Wildman–Crippen MR) is 112 cm³/mol. The second-order valence-electron chi connectivity index (χ2n) is 8.16. The molecule has 1 atom stereocenters. The van der Waals surface area contributed by atoms with Gasteiger partial charge in [-0.2, -0.15) is 0 Å². The molecule has 31 heavy (non-hydrogen) atoms. The van der Waals surface area contributed by atoms with Gasteiger partial charge >= 0.3 is 0 Å². The minimum absolute atomic E-state index is 0.0959. The Morgan fingerprint density at radius 3 is 2.39 bits per heavy atom. The molecule has 0 saturated carbocycles. The van der Waals surface area contributed by atoms with Crippen molar-refractivity contribution in [1.82, 2.24) is 20.0 Å². The summed E-state index contributed by atoms with van der Waals surface area (Å²) in [4.78, 5) is 55.3. The van der Waals surface area contributed by atoms with Gasteiger partial charge in [0.2, 0.25) is 11.8 Å². The van der Waals surface area contributed by atoms with E-state index in [0.29, 0.717) is 12.4 Å². The zero-order valence-corrected chi connectivity index (χ0v) is 17.8. The monoisotopic (exact) mass is 428 g/mol. The van der Waals surface area contributed by atoms with Crippen LogP contribution in [0.5, 0.6) is 5.75 Å². The van der Waals surface area contributed by atoms with Crippen molar-refractivity contribution in [3.63, 3.8) is 0 Å². The second-order valence-corrected chi connectivity index (χ2v) is 8.16. The summed E-state index contributed by atoms with van der Waals surface area (Å²) in [5.74, 6) is -1.71. The van der Waals surface area contributed by atoms with Crippen molar-refractivity contribution in [2.45, 2.75) is 32.2 Å². The molecule has 3 aliphatic heterocycles. The van der Waals surface area contributed by atoms with Crippen LogP contribution >= 0.6 is 0 Å². The molecule has 3 heterocycles. The van der Waals surface area contributed by atoms with Gasteiger partial charge in [-0.1, -0.05) is 13.0 Å². The van der Waals surface area contributed by atoms with E-state index in [2.05, 4.69) is 22.0 Å². The van der Waals surface area contributed by atoms with Crippen molar-refractivity contribution in [1.29, 1.82) is 0 Å². The third kappa shape index (κ3) is 4.33. The molecular weight excluding hydrogens is 400 g/mol. The van der Waals surface area contributed by atoms with E-state index in [-0.39, 0.29) is 24.0 Å². The molecule has 4 amide bonds. The van der Waals surface area contributed by atoms with Crippen molar-refractivity contribution >= 4 is 23.6 Å². The molecule has 2 saturated heterocycles. The van der Waals surface area contributed by atoms with E-state index in [1.165, 1.54) is 0 Å². The average Bonchev–Trinajstić information content (AvgIpc) is 3.01. The minimum atomic E-state index is -0.975. The van der Waals surface area contributed by atoms with E-state index >= 15 is 0 Å². The molecule has 9 heteroatoms. The van der Waals surface area contributed by atoms with Crippen LogP contribution in [0.1, 0.15) is 46.9 Å². The molecule has 9 nitrogen and oxygen atoms in total. The topological polar surface area (TPSA) is 99.3 Å². The van der Waals surface area contributed by atoms with Crippen molar-refractivity contribution < 1.29 is 23.9 Å². The second kappa shape index (κ2) is 9.15. The molecule has 0 bridgehead atoms. The van der Waals surface area contributed by atoms with Crippen LogP contribution in [0, 0.1) is 0 Å². The van der Waals surface area contributed by atoms with E-state index in [1.54, 1.807) is 18.2 Å². The number of nitrogens with zero attached hydrogens (tertiary/aromatic N) is 3. The van der Waals surface area contributed by atoms with Crippen molar-refractivity contribution in [2.75, 3.05) is 45.9 Å². The summed E-state index contributed by atoms with van der Waals surface area (Å²) < 4.78 is 5.91. The van der Waals surface area contributed by atoms with E-state index in [1.807, 2.05) is 0 Å². The number of hydrogen-bond donors (Lipinski definition) is 1. The first-order chi connectivity index (χ1) is 15.0. The van der Waals surface area contributed by atoms with Crippen LogP contribution in [0.2, 0.25) is 0 Å². The van der Waals surface area contributed by atoms with Crippen LogP contribution in [0.15, 0.2) is 18.2 Å². The highest BCUT2D eigenvalue weighted by atomic mass is 16.5. The number of carbonyl (C=O) groups is 4. The maximum absolute atomic E-state index is 13.1. The first-order valence-electron chi connectivity index (χ1n) is 10.9. The SMILES string of the molecule is CCCN1CCN(CCOc2cccc3c2C(=O)N(C2CCC(=O)NC2=O)C3=O)CC1. The predicted octanol–water partition coefficient (Wildman–Crippen LogP) is 0.494. The summed E-state index contributed by atoms with van der Waals surface area (Å²) in [6.45, 7) is 8.51. The van der Waals surface area contributed by atoms with E-state index in [0.717, 1.165) is 50.6 Å². The summed E-state index contributed by atoms with van der Waals surface area (Å²) >= 11 is 0. The van der Waals surface area contributed by atoms with Crippen molar-refractivity contribution in [2.24, 2.45) is 0 Å². The Hall–Kier alpha value is -2.78. The molecule has 1 aromatic carbocycles. The normalized spacial score (nSPS) is 22.6. The van der Waals surface area contributed by atoms with Crippen molar-refractivity contribution in [3.8, 4) is 5.75 Å². The number of imide groups is 2. The summed E-state index contributed by atoms with van der Waals surface area (Å²) in [6, 6.07) is 3.95. The minimum Gasteiger partial charge on any atom is -0.491 e. The Kier molecular flexibility index (Phi) is 6.33. The molecular formula is C22H28N4O5. The number of hydrogen-bond acceptors (Lipinski definition) is 7. The maximum atomic E-state index is 13.1. The highest BCUT2D eigenvalue weighted by Gasteiger charge is 2.46. The lowest BCUT2D eigenvalue weighted by molar-refractivity contribution is -0.136. The fraction of sp³-hybridized carbons (Fsp3) is 0.545. The Labute approximate surface area is 181 Å². The fourth-order valence-electron chi connectivity index (χ4n) is 4.44. The summed E-state index contributed by atoms with van der Waals surface area (Å²) in [5, 5.41) is 2.21. The quantitative estimate of drug-likeness (QED) is 0.631. The maximum Gasteiger partial charge on any atom is 0.266 e. The molecule has 3 aliphatic rings. The van der Waals surface area contributed by atoms with Crippen molar-refractivity contribution in [3.05, 3.63) is 29.3 Å². The van der Waals surface area contributed by atoms with Crippen LogP contribution in [0.4, 0.5) is 0 Å². The van der Waals surface area contributed by atoms with E-state index in [9.17, 15) is 19.2 Å². The standard InChI is InChI=1S/C22H28N4O5/c1-2-8-24-9-11-25(12-10-24)13-14-31-17-5-3-4-15-19(17)22(30)26(21(15)29)16-6-7-18(27)23-20(16)28/h3-5,16H,2,6-14H2,1H3,(H,23,27,28). The van der Waals surface area contributed by atoms with Crippen LogP contribution in [0.3, 0.4) is 0 Å². The largest absolute Gasteiger partial charge is 0.491 e. The number of fused-ring (bicyclic) bond motifs is 1. The number of rotatable bonds is 7. The molecule has 4 rings (SSSR count). The van der Waals surface area contributed by atoms with Gasteiger partial charge in [-0.15, -0.1) is 0 Å². The van der Waals surface area contributed by atoms with Gasteiger partial charge < -0.3 is 9.64 Å². The molecule has 1 unspecified atom stereocenters. The number of carbonyl (C=O) groups excluding carboxylic acids is 4. The third-order valence-corrected chi connectivity index (χ3v) is 6.10. The van der Waals surface area contributed by atoms with E-state index < -0.39 is 29.7 Å². The highest BCUT2D eigenvalue weighted by molar-refractivity contribution is 6.24. The molecule has 2 fully saturated rings. The lowest BCUT2D eigenvalue weighted by atomic mass is 10.0. The van der Waals surface area contributed by atoms with Crippen LogP contribution in [0.25, 0.3) is 0 Å². The number of nitrogens with one attached hydrogen (secondary N) is 1. The number of piperidine rings is 1. The third-order valence-electron chi connectivity index (χ3n) is 6.10. The van der Waals surface area contributed by atoms with Gasteiger partial charge in [-0.3, -0.25) is 34.3 Å². The van der Waals surface area contributed by atoms with Gasteiger partial charge in [-0.05, 0) is 31.5 Å². The zero-order chi connectivity index (χ0) is 22.0. The summed E-state index contributed by atoms with van der Waals surface area (Å²) in [5.41, 5.74) is 0.436. The van der Waals surface area contributed by atoms with E-state index in [4.69, 9.17) is 4.74 Å². The van der Waals surface area contributed by atoms with Crippen LogP contribution < -0.4 is 10.1 Å². The van der Waals surface area contributed by atoms with Gasteiger partial charge in [0.15, 0.2) is 0 Å². The molecule has 1 N–H and O–H groups in total. The first kappa shape index (κ1) is 21.5. The van der Waals surface area contributed by atoms with Crippen LogP contribution in [-0.4, -0.2) is 90.2 Å². The lowest BCUT2D eigenvalue weighted by Crippen LogP contribution is -2.54. The highest BCUT2D eigenvalue weighted by Crippen LogP contribution is 2.33. The average molecular weight is 428 g/mol. The number of piperazine rings is 1. The zero-order valence-electron chi connectivity index (χ0n) is 17.8. The van der Waals surface area contributed by atoms with Gasteiger partial charge in [0.05, 0.1) is 11.1 Å². The van der Waals surface area contributed by atoms with Crippen LogP contribution in [-0.2, 0) is 9.59 Å². The Morgan fingerprint density at radius 2 is 1.71 bits per heavy atom.